The molecule has 1 heterocycles. The van der Waals surface area contributed by atoms with Crippen LogP contribution in [0.25, 0.3) is 11.3 Å². The van der Waals surface area contributed by atoms with Gasteiger partial charge in [0.1, 0.15) is 17.6 Å². The van der Waals surface area contributed by atoms with Gasteiger partial charge in [0, 0.05) is 19.0 Å². The third kappa shape index (κ3) is 6.14. The molecule has 1 aromatic carbocycles. The average Bonchev–Trinajstić information content (AvgIpc) is 2.92. The van der Waals surface area contributed by atoms with E-state index in [9.17, 15) is 4.79 Å². The summed E-state index contributed by atoms with van der Waals surface area (Å²) in [5.74, 6) is 0.611. The lowest BCUT2D eigenvalue weighted by Crippen LogP contribution is -2.32. The lowest BCUT2D eigenvalue weighted by Gasteiger charge is -2.20. The second-order valence-corrected chi connectivity index (χ2v) is 5.76. The number of hydrogen-bond donors (Lipinski definition) is 1. The van der Waals surface area contributed by atoms with Crippen molar-refractivity contribution in [1.82, 2.24) is 10.3 Å². The SMILES string of the molecule is CC.Cc1nc(-c2ccccc2CNC(=O)OC(C)(C)C)co1. The summed E-state index contributed by atoms with van der Waals surface area (Å²) in [6.07, 6.45) is 1.18. The summed E-state index contributed by atoms with van der Waals surface area (Å²) in [5, 5.41) is 2.75. The molecule has 23 heavy (non-hydrogen) atoms. The molecule has 1 aromatic heterocycles. The predicted octanol–water partition coefficient (Wildman–Crippen LogP) is 4.70. The fourth-order valence-electron chi connectivity index (χ4n) is 1.89. The predicted molar refractivity (Wildman–Crippen MR) is 91.1 cm³/mol. The molecule has 0 aliphatic heterocycles. The fourth-order valence-corrected chi connectivity index (χ4v) is 1.89. The number of nitrogens with one attached hydrogen (secondary N) is 1. The summed E-state index contributed by atoms with van der Waals surface area (Å²) in [5.41, 5.74) is 2.14. The van der Waals surface area contributed by atoms with E-state index in [4.69, 9.17) is 9.15 Å². The second-order valence-electron chi connectivity index (χ2n) is 5.76. The van der Waals surface area contributed by atoms with Gasteiger partial charge in [-0.1, -0.05) is 38.1 Å². The van der Waals surface area contributed by atoms with Crippen LogP contribution in [0.5, 0.6) is 0 Å². The molecule has 1 N–H and O–H groups in total. The van der Waals surface area contributed by atoms with Gasteiger partial charge in [0.15, 0.2) is 5.89 Å². The van der Waals surface area contributed by atoms with Crippen LogP contribution in [0.2, 0.25) is 0 Å². The van der Waals surface area contributed by atoms with Gasteiger partial charge in [-0.05, 0) is 26.3 Å². The van der Waals surface area contributed by atoms with Crippen molar-refractivity contribution in [3.8, 4) is 11.3 Å². The molecule has 0 atom stereocenters. The van der Waals surface area contributed by atoms with E-state index >= 15 is 0 Å². The van der Waals surface area contributed by atoms with Crippen molar-refractivity contribution >= 4 is 6.09 Å². The van der Waals surface area contributed by atoms with Crippen LogP contribution in [0, 0.1) is 6.92 Å². The molecule has 0 unspecified atom stereocenters. The van der Waals surface area contributed by atoms with Crippen molar-refractivity contribution in [1.29, 1.82) is 0 Å². The molecule has 2 rings (SSSR count). The summed E-state index contributed by atoms with van der Waals surface area (Å²) < 4.78 is 10.5. The molecule has 0 bridgehead atoms. The molecular weight excluding hydrogens is 292 g/mol. The van der Waals surface area contributed by atoms with E-state index in [1.807, 2.05) is 58.9 Å². The van der Waals surface area contributed by atoms with Crippen molar-refractivity contribution in [3.05, 3.63) is 42.0 Å². The standard InChI is InChI=1S/C16H20N2O3.C2H6/c1-11-18-14(10-20-11)13-8-6-5-7-12(13)9-17-15(19)21-16(2,3)4;1-2/h5-8,10H,9H2,1-4H3,(H,17,19);1-2H3. The molecule has 0 fully saturated rings. The number of carbonyl (C=O) groups is 1. The first kappa shape index (κ1) is 18.7. The number of aromatic nitrogens is 1. The van der Waals surface area contributed by atoms with E-state index in [1.54, 1.807) is 13.2 Å². The lowest BCUT2D eigenvalue weighted by atomic mass is 10.1. The quantitative estimate of drug-likeness (QED) is 0.890. The maximum absolute atomic E-state index is 11.7. The van der Waals surface area contributed by atoms with E-state index in [0.29, 0.717) is 12.4 Å². The van der Waals surface area contributed by atoms with Crippen molar-refractivity contribution in [2.45, 2.75) is 53.7 Å². The molecule has 0 radical (unpaired) electrons. The first-order valence-corrected chi connectivity index (χ1v) is 7.82. The molecule has 0 saturated carbocycles. The monoisotopic (exact) mass is 318 g/mol. The Kier molecular flexibility index (Phi) is 6.82. The molecular formula is C18H26N2O3. The van der Waals surface area contributed by atoms with Crippen molar-refractivity contribution in [3.63, 3.8) is 0 Å². The molecule has 1 amide bonds. The Morgan fingerprint density at radius 1 is 1.26 bits per heavy atom. The summed E-state index contributed by atoms with van der Waals surface area (Å²) in [7, 11) is 0. The van der Waals surface area contributed by atoms with Gasteiger partial charge < -0.3 is 14.5 Å². The van der Waals surface area contributed by atoms with Crippen LogP contribution in [0.15, 0.2) is 34.9 Å². The third-order valence-electron chi connectivity index (χ3n) is 2.73. The number of ether oxygens (including phenoxy) is 1. The summed E-state index contributed by atoms with van der Waals surface area (Å²) in [4.78, 5) is 16.0. The van der Waals surface area contributed by atoms with Gasteiger partial charge in [-0.15, -0.1) is 0 Å². The Morgan fingerprint density at radius 2 is 1.91 bits per heavy atom. The summed E-state index contributed by atoms with van der Waals surface area (Å²) >= 11 is 0. The maximum Gasteiger partial charge on any atom is 0.407 e. The fraction of sp³-hybridized carbons (Fsp3) is 0.444. The molecule has 126 valence electrons. The Labute approximate surface area is 138 Å². The maximum atomic E-state index is 11.7. The average molecular weight is 318 g/mol. The van der Waals surface area contributed by atoms with Gasteiger partial charge in [0.2, 0.25) is 0 Å². The molecule has 0 spiro atoms. The third-order valence-corrected chi connectivity index (χ3v) is 2.73. The van der Waals surface area contributed by atoms with Crippen molar-refractivity contribution in [2.75, 3.05) is 0 Å². The van der Waals surface area contributed by atoms with Crippen LogP contribution < -0.4 is 5.32 Å². The number of aryl methyl sites for hydroxylation is 1. The van der Waals surface area contributed by atoms with E-state index in [-0.39, 0.29) is 0 Å². The highest BCUT2D eigenvalue weighted by molar-refractivity contribution is 5.69. The smallest absolute Gasteiger partial charge is 0.407 e. The molecule has 0 aliphatic rings. The molecule has 5 nitrogen and oxygen atoms in total. The van der Waals surface area contributed by atoms with E-state index in [1.165, 1.54) is 0 Å². The van der Waals surface area contributed by atoms with Crippen molar-refractivity contribution < 1.29 is 13.9 Å². The van der Waals surface area contributed by atoms with Crippen LogP contribution in [0.1, 0.15) is 46.1 Å². The first-order valence-electron chi connectivity index (χ1n) is 7.82. The van der Waals surface area contributed by atoms with E-state index in [0.717, 1.165) is 16.8 Å². The molecule has 0 saturated heterocycles. The number of oxazole rings is 1. The van der Waals surface area contributed by atoms with Crippen LogP contribution in [-0.4, -0.2) is 16.7 Å². The van der Waals surface area contributed by atoms with Gasteiger partial charge in [-0.25, -0.2) is 9.78 Å². The number of carbonyl (C=O) groups excluding carboxylic acids is 1. The van der Waals surface area contributed by atoms with Gasteiger partial charge >= 0.3 is 6.09 Å². The zero-order valence-electron chi connectivity index (χ0n) is 14.8. The molecule has 0 aliphatic carbocycles. The Hall–Kier alpha value is -2.30. The highest BCUT2D eigenvalue weighted by Gasteiger charge is 2.16. The minimum absolute atomic E-state index is 0.372. The minimum atomic E-state index is -0.507. The minimum Gasteiger partial charge on any atom is -0.449 e. The summed E-state index contributed by atoms with van der Waals surface area (Å²) in [6.45, 7) is 11.7. The van der Waals surface area contributed by atoms with E-state index < -0.39 is 11.7 Å². The van der Waals surface area contributed by atoms with Gasteiger partial charge in [-0.2, -0.15) is 0 Å². The van der Waals surface area contributed by atoms with Gasteiger partial charge in [0.05, 0.1) is 0 Å². The van der Waals surface area contributed by atoms with Crippen LogP contribution in [0.3, 0.4) is 0 Å². The van der Waals surface area contributed by atoms with Gasteiger partial charge in [-0.3, -0.25) is 0 Å². The van der Waals surface area contributed by atoms with Crippen molar-refractivity contribution in [2.24, 2.45) is 0 Å². The van der Waals surface area contributed by atoms with Crippen LogP contribution in [0.4, 0.5) is 4.79 Å². The summed E-state index contributed by atoms with van der Waals surface area (Å²) in [6, 6.07) is 7.74. The number of hydrogen-bond acceptors (Lipinski definition) is 4. The Bertz CT molecular complexity index is 627. The largest absolute Gasteiger partial charge is 0.449 e. The highest BCUT2D eigenvalue weighted by Crippen LogP contribution is 2.22. The van der Waals surface area contributed by atoms with Crippen LogP contribution in [-0.2, 0) is 11.3 Å². The highest BCUT2D eigenvalue weighted by atomic mass is 16.6. The number of nitrogens with zero attached hydrogens (tertiary/aromatic N) is 1. The molecule has 2 aromatic rings. The molecule has 5 heteroatoms. The van der Waals surface area contributed by atoms with E-state index in [2.05, 4.69) is 10.3 Å². The normalized spacial score (nSPS) is 10.5. The zero-order valence-corrected chi connectivity index (χ0v) is 14.8. The number of benzene rings is 1. The number of rotatable bonds is 3. The topological polar surface area (TPSA) is 64.4 Å². The number of alkyl carbamates (subject to hydrolysis) is 1. The zero-order chi connectivity index (χ0) is 17.5. The second kappa shape index (κ2) is 8.36. The van der Waals surface area contributed by atoms with Gasteiger partial charge in [0.25, 0.3) is 0 Å². The lowest BCUT2D eigenvalue weighted by molar-refractivity contribution is 0.0523. The first-order chi connectivity index (χ1) is 10.8. The van der Waals surface area contributed by atoms with Crippen LogP contribution >= 0.6 is 0 Å². The Morgan fingerprint density at radius 3 is 2.48 bits per heavy atom. The Balaban J connectivity index is 0.00000127. The number of amides is 1.